The molecule has 3 fully saturated rings. The van der Waals surface area contributed by atoms with Gasteiger partial charge in [-0.05, 0) is 55.3 Å². The summed E-state index contributed by atoms with van der Waals surface area (Å²) in [4.78, 5) is 4.00. The first kappa shape index (κ1) is 16.5. The highest BCUT2D eigenvalue weighted by atomic mass is 16.5. The summed E-state index contributed by atoms with van der Waals surface area (Å²) in [5.74, 6) is 0.724. The number of fused-ring (bicyclic) bond motifs is 1. The van der Waals surface area contributed by atoms with Crippen molar-refractivity contribution >= 4 is 0 Å². The normalized spacial score (nSPS) is 43.6. The molecule has 2 bridgehead atoms. The molecule has 1 heterocycles. The predicted molar refractivity (Wildman–Crippen MR) is 91.3 cm³/mol. The van der Waals surface area contributed by atoms with Crippen LogP contribution in [0.2, 0.25) is 0 Å². The molecule has 5 heteroatoms. The zero-order valence-electron chi connectivity index (χ0n) is 15.2. The van der Waals surface area contributed by atoms with E-state index in [0.717, 1.165) is 44.6 Å². The fourth-order valence-corrected chi connectivity index (χ4v) is 6.38. The minimum Gasteiger partial charge on any atom is -0.393 e. The Morgan fingerprint density at radius 1 is 1.25 bits per heavy atom. The predicted octanol–water partition coefficient (Wildman–Crippen LogP) is 3.04. The molecule has 0 aromatic carbocycles. The summed E-state index contributed by atoms with van der Waals surface area (Å²) in [6.07, 6.45) is 10.2. The Bertz CT molecular complexity index is 587. The molecule has 134 valence electrons. The van der Waals surface area contributed by atoms with Crippen LogP contribution < -0.4 is 0 Å². The number of hydrogen-bond donors (Lipinski definition) is 1. The van der Waals surface area contributed by atoms with Gasteiger partial charge in [0.05, 0.1) is 25.4 Å². The molecule has 5 atom stereocenters. The van der Waals surface area contributed by atoms with E-state index in [9.17, 15) is 5.11 Å². The lowest BCUT2D eigenvalue weighted by Crippen LogP contribution is -2.54. The van der Waals surface area contributed by atoms with Crippen molar-refractivity contribution in [2.24, 2.45) is 22.2 Å². The molecule has 3 aliphatic rings. The summed E-state index contributed by atoms with van der Waals surface area (Å²) in [6, 6.07) is 0. The Morgan fingerprint density at radius 2 is 2.08 bits per heavy atom. The monoisotopic (exact) mass is 333 g/mol. The molecule has 0 radical (unpaired) electrons. The number of rotatable bonds is 4. The lowest BCUT2D eigenvalue weighted by Gasteiger charge is -2.58. The minimum absolute atomic E-state index is 0.0860. The van der Waals surface area contributed by atoms with Crippen molar-refractivity contribution in [2.75, 3.05) is 6.61 Å². The largest absolute Gasteiger partial charge is 0.393 e. The van der Waals surface area contributed by atoms with Gasteiger partial charge in [-0.3, -0.25) is 4.68 Å². The molecular weight excluding hydrogens is 302 g/mol. The van der Waals surface area contributed by atoms with E-state index < -0.39 is 0 Å². The third-order valence-electron chi connectivity index (χ3n) is 7.52. The van der Waals surface area contributed by atoms with Crippen molar-refractivity contribution in [2.45, 2.75) is 78.0 Å². The third kappa shape index (κ3) is 2.43. The Balaban J connectivity index is 1.53. The summed E-state index contributed by atoms with van der Waals surface area (Å²) in [6.45, 7) is 8.60. The Morgan fingerprint density at radius 3 is 2.83 bits per heavy atom. The van der Waals surface area contributed by atoms with Crippen molar-refractivity contribution < 1.29 is 9.84 Å². The van der Waals surface area contributed by atoms with Crippen LogP contribution in [-0.4, -0.2) is 38.7 Å². The zero-order valence-corrected chi connectivity index (χ0v) is 15.2. The maximum absolute atomic E-state index is 10.6. The smallest absolute Gasteiger partial charge is 0.137 e. The van der Waals surface area contributed by atoms with E-state index in [1.807, 2.05) is 4.68 Å². The quantitative estimate of drug-likeness (QED) is 0.920. The molecule has 1 N–H and O–H groups in total. The first-order chi connectivity index (χ1) is 11.4. The van der Waals surface area contributed by atoms with Crippen molar-refractivity contribution in [1.29, 1.82) is 0 Å². The summed E-state index contributed by atoms with van der Waals surface area (Å²) in [5, 5.41) is 14.7. The van der Waals surface area contributed by atoms with E-state index >= 15 is 0 Å². The SMILES string of the molecule is CC1(C)C[C@H](OCCn2cncn2)[C@]23CC[C@@H](O)[C@](C)(CC[C@@H]12)C3. The van der Waals surface area contributed by atoms with Crippen molar-refractivity contribution in [3.63, 3.8) is 0 Å². The summed E-state index contributed by atoms with van der Waals surface area (Å²) in [5.41, 5.74) is 0.683. The van der Waals surface area contributed by atoms with Crippen LogP contribution in [0.1, 0.15) is 59.3 Å². The van der Waals surface area contributed by atoms with E-state index in [1.165, 1.54) is 6.42 Å². The number of ether oxygens (including phenoxy) is 1. The molecule has 0 saturated heterocycles. The molecule has 0 unspecified atom stereocenters. The standard InChI is InChI=1S/C19H31N3O2/c1-17(2)10-16(24-9-8-22-13-20-12-21-22)19-7-5-15(23)18(3,11-19)6-4-14(17)19/h12-16,23H,4-11H2,1-3H3/t14-,15+,16-,18+,19-/m0/s1. The molecule has 1 aromatic rings. The van der Waals surface area contributed by atoms with Gasteiger partial charge >= 0.3 is 0 Å². The van der Waals surface area contributed by atoms with Gasteiger partial charge in [-0.2, -0.15) is 5.10 Å². The van der Waals surface area contributed by atoms with Crippen LogP contribution in [0.25, 0.3) is 0 Å². The third-order valence-corrected chi connectivity index (χ3v) is 7.52. The highest BCUT2D eigenvalue weighted by molar-refractivity contribution is 5.14. The maximum atomic E-state index is 10.6. The number of aliphatic hydroxyl groups excluding tert-OH is 1. The average molecular weight is 333 g/mol. The molecule has 4 rings (SSSR count). The van der Waals surface area contributed by atoms with Crippen LogP contribution in [0.5, 0.6) is 0 Å². The van der Waals surface area contributed by atoms with Gasteiger partial charge in [0.15, 0.2) is 0 Å². The lowest BCUT2D eigenvalue weighted by molar-refractivity contribution is -0.156. The molecule has 3 saturated carbocycles. The first-order valence-electron chi connectivity index (χ1n) is 9.48. The van der Waals surface area contributed by atoms with Crippen LogP contribution in [0, 0.1) is 22.2 Å². The molecule has 0 amide bonds. The Labute approximate surface area is 144 Å². The van der Waals surface area contributed by atoms with E-state index in [4.69, 9.17) is 4.74 Å². The summed E-state index contributed by atoms with van der Waals surface area (Å²) in [7, 11) is 0. The second kappa shape index (κ2) is 5.53. The average Bonchev–Trinajstić information content (AvgIpc) is 3.09. The van der Waals surface area contributed by atoms with E-state index in [1.54, 1.807) is 12.7 Å². The zero-order chi connectivity index (χ0) is 17.0. The minimum atomic E-state index is -0.136. The number of aromatic nitrogens is 3. The van der Waals surface area contributed by atoms with Crippen LogP contribution in [-0.2, 0) is 11.3 Å². The summed E-state index contributed by atoms with van der Waals surface area (Å²) >= 11 is 0. The van der Waals surface area contributed by atoms with Crippen LogP contribution in [0.3, 0.4) is 0 Å². The van der Waals surface area contributed by atoms with Crippen LogP contribution in [0.15, 0.2) is 12.7 Å². The molecule has 3 aliphatic carbocycles. The molecule has 24 heavy (non-hydrogen) atoms. The van der Waals surface area contributed by atoms with Crippen molar-refractivity contribution in [1.82, 2.24) is 14.8 Å². The summed E-state index contributed by atoms with van der Waals surface area (Å²) < 4.78 is 8.31. The van der Waals surface area contributed by atoms with Gasteiger partial charge in [0.1, 0.15) is 12.7 Å². The Hall–Kier alpha value is -0.940. The Kier molecular flexibility index (Phi) is 3.81. The number of nitrogens with zero attached hydrogens (tertiary/aromatic N) is 3. The molecule has 1 spiro atoms. The fraction of sp³-hybridized carbons (Fsp3) is 0.895. The van der Waals surface area contributed by atoms with Gasteiger partial charge < -0.3 is 9.84 Å². The lowest BCUT2D eigenvalue weighted by atomic mass is 9.49. The number of aliphatic hydroxyl groups is 1. The van der Waals surface area contributed by atoms with Gasteiger partial charge in [-0.25, -0.2) is 4.98 Å². The van der Waals surface area contributed by atoms with E-state index in [2.05, 4.69) is 30.9 Å². The van der Waals surface area contributed by atoms with Gasteiger partial charge in [0, 0.05) is 5.41 Å². The van der Waals surface area contributed by atoms with Crippen molar-refractivity contribution in [3.05, 3.63) is 12.7 Å². The maximum Gasteiger partial charge on any atom is 0.137 e. The first-order valence-corrected chi connectivity index (χ1v) is 9.48. The van der Waals surface area contributed by atoms with Gasteiger partial charge in [-0.1, -0.05) is 20.8 Å². The molecular formula is C19H31N3O2. The fourth-order valence-electron chi connectivity index (χ4n) is 6.38. The van der Waals surface area contributed by atoms with E-state index in [-0.39, 0.29) is 16.9 Å². The highest BCUT2D eigenvalue weighted by Crippen LogP contribution is 2.69. The van der Waals surface area contributed by atoms with Crippen molar-refractivity contribution in [3.8, 4) is 0 Å². The van der Waals surface area contributed by atoms with Crippen LogP contribution >= 0.6 is 0 Å². The highest BCUT2D eigenvalue weighted by Gasteiger charge is 2.65. The molecule has 5 nitrogen and oxygen atoms in total. The molecule has 1 aromatic heterocycles. The van der Waals surface area contributed by atoms with Crippen LogP contribution in [0.4, 0.5) is 0 Å². The van der Waals surface area contributed by atoms with Gasteiger partial charge in [-0.15, -0.1) is 0 Å². The van der Waals surface area contributed by atoms with Gasteiger partial charge in [0.25, 0.3) is 0 Å². The second-order valence-electron chi connectivity index (χ2n) is 9.42. The molecule has 0 aliphatic heterocycles. The number of hydrogen-bond acceptors (Lipinski definition) is 4. The second-order valence-corrected chi connectivity index (χ2v) is 9.42. The van der Waals surface area contributed by atoms with Gasteiger partial charge in [0.2, 0.25) is 0 Å². The van der Waals surface area contributed by atoms with E-state index in [0.29, 0.717) is 18.1 Å². The topological polar surface area (TPSA) is 60.2 Å².